The highest BCUT2D eigenvalue weighted by atomic mass is 16.1. The molecule has 114 valence electrons. The van der Waals surface area contributed by atoms with Gasteiger partial charge in [-0.25, -0.2) is 0 Å². The molecular formula is C16H19N5O. The Morgan fingerprint density at radius 1 is 1.32 bits per heavy atom. The van der Waals surface area contributed by atoms with Gasteiger partial charge in [0.1, 0.15) is 5.69 Å². The second-order valence-electron chi connectivity index (χ2n) is 5.36. The van der Waals surface area contributed by atoms with E-state index in [1.165, 1.54) is 0 Å². The van der Waals surface area contributed by atoms with Gasteiger partial charge in [-0.3, -0.25) is 9.48 Å². The molecule has 2 heterocycles. The van der Waals surface area contributed by atoms with Gasteiger partial charge >= 0.3 is 0 Å². The maximum atomic E-state index is 12.6. The van der Waals surface area contributed by atoms with Gasteiger partial charge in [-0.15, -0.1) is 5.10 Å². The Kier molecular flexibility index (Phi) is 3.66. The van der Waals surface area contributed by atoms with Crippen LogP contribution in [0.4, 0.5) is 0 Å². The molecule has 0 radical (unpaired) electrons. The van der Waals surface area contributed by atoms with Gasteiger partial charge in [0.25, 0.3) is 5.91 Å². The van der Waals surface area contributed by atoms with Crippen molar-refractivity contribution in [1.82, 2.24) is 24.9 Å². The van der Waals surface area contributed by atoms with E-state index in [4.69, 9.17) is 0 Å². The smallest absolute Gasteiger partial charge is 0.253 e. The maximum Gasteiger partial charge on any atom is 0.253 e. The van der Waals surface area contributed by atoms with Crippen molar-refractivity contribution in [3.63, 3.8) is 0 Å². The number of carbonyl (C=O) groups is 1. The number of aromatic nitrogens is 4. The van der Waals surface area contributed by atoms with Gasteiger partial charge in [0.2, 0.25) is 0 Å². The number of carbonyl (C=O) groups excluding carboxylic acids is 1. The minimum absolute atomic E-state index is 0.0958. The van der Waals surface area contributed by atoms with Crippen LogP contribution in [-0.2, 0) is 13.6 Å². The molecule has 0 spiro atoms. The van der Waals surface area contributed by atoms with E-state index < -0.39 is 0 Å². The van der Waals surface area contributed by atoms with Gasteiger partial charge in [-0.05, 0) is 19.9 Å². The first-order valence-electron chi connectivity index (χ1n) is 7.35. The van der Waals surface area contributed by atoms with E-state index in [-0.39, 0.29) is 11.9 Å². The monoisotopic (exact) mass is 297 g/mol. The van der Waals surface area contributed by atoms with E-state index in [0.717, 1.165) is 23.1 Å². The van der Waals surface area contributed by atoms with Crippen molar-refractivity contribution < 1.29 is 4.79 Å². The highest BCUT2D eigenvalue weighted by Crippen LogP contribution is 2.22. The van der Waals surface area contributed by atoms with E-state index >= 15 is 0 Å². The SMILES string of the molecule is CCn1cc(C(=O)NC(C)c2cn(C)nn2)c2ccccc21. The first kappa shape index (κ1) is 14.3. The maximum absolute atomic E-state index is 12.6. The standard InChI is InChI=1S/C16H19N5O/c1-4-21-9-13(12-7-5-6-8-15(12)21)16(22)17-11(2)14-10-20(3)19-18-14/h5-11H,4H2,1-3H3,(H,17,22). The number of aryl methyl sites for hydroxylation is 2. The minimum Gasteiger partial charge on any atom is -0.347 e. The summed E-state index contributed by atoms with van der Waals surface area (Å²) < 4.78 is 3.71. The van der Waals surface area contributed by atoms with Gasteiger partial charge in [0, 0.05) is 30.7 Å². The largest absolute Gasteiger partial charge is 0.347 e. The van der Waals surface area contributed by atoms with Crippen molar-refractivity contribution in [2.24, 2.45) is 7.05 Å². The van der Waals surface area contributed by atoms with Crippen LogP contribution in [0.2, 0.25) is 0 Å². The van der Waals surface area contributed by atoms with Crippen LogP contribution < -0.4 is 5.32 Å². The first-order valence-corrected chi connectivity index (χ1v) is 7.35. The second kappa shape index (κ2) is 5.63. The van der Waals surface area contributed by atoms with E-state index in [0.29, 0.717) is 5.56 Å². The summed E-state index contributed by atoms with van der Waals surface area (Å²) in [6.07, 6.45) is 3.71. The van der Waals surface area contributed by atoms with Crippen LogP contribution in [0.25, 0.3) is 10.9 Å². The molecule has 1 amide bonds. The van der Waals surface area contributed by atoms with Crippen molar-refractivity contribution in [2.75, 3.05) is 0 Å². The number of fused-ring (bicyclic) bond motifs is 1. The molecule has 2 aromatic heterocycles. The molecule has 0 aliphatic carbocycles. The lowest BCUT2D eigenvalue weighted by atomic mass is 10.1. The van der Waals surface area contributed by atoms with Gasteiger partial charge < -0.3 is 9.88 Å². The van der Waals surface area contributed by atoms with Gasteiger partial charge in [0.15, 0.2) is 0 Å². The molecule has 22 heavy (non-hydrogen) atoms. The molecule has 6 heteroatoms. The zero-order chi connectivity index (χ0) is 15.7. The molecule has 3 rings (SSSR count). The summed E-state index contributed by atoms with van der Waals surface area (Å²) in [5, 5.41) is 11.9. The summed E-state index contributed by atoms with van der Waals surface area (Å²) >= 11 is 0. The molecular weight excluding hydrogens is 278 g/mol. The number of nitrogens with one attached hydrogen (secondary N) is 1. The topological polar surface area (TPSA) is 64.7 Å². The lowest BCUT2D eigenvalue weighted by molar-refractivity contribution is 0.0940. The van der Waals surface area contributed by atoms with Gasteiger partial charge in [0.05, 0.1) is 17.8 Å². The molecule has 0 aliphatic heterocycles. The van der Waals surface area contributed by atoms with Crippen LogP contribution in [0, 0.1) is 0 Å². The van der Waals surface area contributed by atoms with Crippen molar-refractivity contribution in [1.29, 1.82) is 0 Å². The predicted octanol–water partition coefficient (Wildman–Crippen LogP) is 2.28. The van der Waals surface area contributed by atoms with Crippen molar-refractivity contribution in [2.45, 2.75) is 26.4 Å². The van der Waals surface area contributed by atoms with E-state index in [1.807, 2.05) is 37.4 Å². The van der Waals surface area contributed by atoms with Crippen LogP contribution in [0.3, 0.4) is 0 Å². The lowest BCUT2D eigenvalue weighted by Gasteiger charge is -2.10. The lowest BCUT2D eigenvalue weighted by Crippen LogP contribution is -2.26. The molecule has 0 bridgehead atoms. The first-order chi connectivity index (χ1) is 10.6. The Bertz CT molecular complexity index is 817. The third-order valence-electron chi connectivity index (χ3n) is 3.79. The molecule has 3 aromatic rings. The van der Waals surface area contributed by atoms with Crippen LogP contribution >= 0.6 is 0 Å². The molecule has 0 aliphatic rings. The summed E-state index contributed by atoms with van der Waals surface area (Å²) in [6, 6.07) is 7.75. The van der Waals surface area contributed by atoms with Crippen LogP contribution in [0.1, 0.15) is 35.9 Å². The number of para-hydroxylation sites is 1. The quantitative estimate of drug-likeness (QED) is 0.803. The zero-order valence-electron chi connectivity index (χ0n) is 12.9. The Hall–Kier alpha value is -2.63. The summed E-state index contributed by atoms with van der Waals surface area (Å²) in [7, 11) is 1.81. The fourth-order valence-electron chi connectivity index (χ4n) is 2.60. The normalized spacial score (nSPS) is 12.5. The Labute approximate surface area is 128 Å². The third kappa shape index (κ3) is 2.47. The number of hydrogen-bond acceptors (Lipinski definition) is 3. The average Bonchev–Trinajstić information content (AvgIpc) is 3.11. The number of rotatable bonds is 4. The Balaban J connectivity index is 1.89. The van der Waals surface area contributed by atoms with E-state index in [9.17, 15) is 4.79 Å². The number of amides is 1. The van der Waals surface area contributed by atoms with Crippen molar-refractivity contribution in [3.05, 3.63) is 47.9 Å². The highest BCUT2D eigenvalue weighted by Gasteiger charge is 2.18. The van der Waals surface area contributed by atoms with Crippen LogP contribution in [-0.4, -0.2) is 25.5 Å². The zero-order valence-corrected chi connectivity index (χ0v) is 12.9. The average molecular weight is 297 g/mol. The van der Waals surface area contributed by atoms with Crippen LogP contribution in [0.5, 0.6) is 0 Å². The summed E-state index contributed by atoms with van der Waals surface area (Å²) in [5.74, 6) is -0.0958. The molecule has 1 N–H and O–H groups in total. The molecule has 0 fully saturated rings. The summed E-state index contributed by atoms with van der Waals surface area (Å²) in [5.41, 5.74) is 2.51. The molecule has 0 saturated heterocycles. The highest BCUT2D eigenvalue weighted by molar-refractivity contribution is 6.07. The minimum atomic E-state index is -0.190. The number of benzene rings is 1. The summed E-state index contributed by atoms with van der Waals surface area (Å²) in [4.78, 5) is 12.6. The third-order valence-corrected chi connectivity index (χ3v) is 3.79. The van der Waals surface area contributed by atoms with Gasteiger partial charge in [-0.1, -0.05) is 23.4 Å². The number of hydrogen-bond donors (Lipinski definition) is 1. The fourth-order valence-corrected chi connectivity index (χ4v) is 2.60. The molecule has 6 nitrogen and oxygen atoms in total. The van der Waals surface area contributed by atoms with E-state index in [2.05, 4.69) is 27.1 Å². The molecule has 1 unspecified atom stereocenters. The summed E-state index contributed by atoms with van der Waals surface area (Å²) in [6.45, 7) is 4.80. The number of nitrogens with zero attached hydrogens (tertiary/aromatic N) is 4. The molecule has 1 atom stereocenters. The van der Waals surface area contributed by atoms with Gasteiger partial charge in [-0.2, -0.15) is 0 Å². The van der Waals surface area contributed by atoms with Crippen molar-refractivity contribution >= 4 is 16.8 Å². The van der Waals surface area contributed by atoms with E-state index in [1.54, 1.807) is 17.9 Å². The predicted molar refractivity (Wildman–Crippen MR) is 84.5 cm³/mol. The fraction of sp³-hybridized carbons (Fsp3) is 0.312. The molecule has 1 aromatic carbocycles. The van der Waals surface area contributed by atoms with Crippen molar-refractivity contribution in [3.8, 4) is 0 Å². The molecule has 0 saturated carbocycles. The van der Waals surface area contributed by atoms with Crippen LogP contribution in [0.15, 0.2) is 36.7 Å². The second-order valence-corrected chi connectivity index (χ2v) is 5.36. The Morgan fingerprint density at radius 3 is 2.77 bits per heavy atom. The Morgan fingerprint density at radius 2 is 2.09 bits per heavy atom.